The van der Waals surface area contributed by atoms with E-state index in [4.69, 9.17) is 4.42 Å². The molecule has 12 rings (SSSR count). The lowest BCUT2D eigenvalue weighted by Crippen LogP contribution is -2.29. The van der Waals surface area contributed by atoms with E-state index in [0.29, 0.717) is 0 Å². The largest absolute Gasteiger partial charge is 0.464 e. The van der Waals surface area contributed by atoms with Crippen molar-refractivity contribution in [3.8, 4) is 22.3 Å². The lowest BCUT2D eigenvalue weighted by atomic mass is 9.67. The molecular formula is C58H39NO. The maximum atomic E-state index is 6.08. The van der Waals surface area contributed by atoms with Crippen LogP contribution < -0.4 is 4.90 Å². The summed E-state index contributed by atoms with van der Waals surface area (Å²) in [6.07, 6.45) is 1.80. The van der Waals surface area contributed by atoms with Gasteiger partial charge >= 0.3 is 0 Å². The molecule has 1 aromatic heterocycles. The van der Waals surface area contributed by atoms with Gasteiger partial charge in [0, 0.05) is 16.8 Å². The van der Waals surface area contributed by atoms with Crippen molar-refractivity contribution in [2.45, 2.75) is 10.8 Å². The van der Waals surface area contributed by atoms with Gasteiger partial charge in [-0.25, -0.2) is 0 Å². The van der Waals surface area contributed by atoms with Gasteiger partial charge < -0.3 is 9.32 Å². The number of nitrogens with zero attached hydrogens (tertiary/aromatic N) is 1. The summed E-state index contributed by atoms with van der Waals surface area (Å²) in [5.74, 6) is 0. The van der Waals surface area contributed by atoms with Crippen LogP contribution in [-0.4, -0.2) is 0 Å². The van der Waals surface area contributed by atoms with Crippen molar-refractivity contribution in [3.63, 3.8) is 0 Å². The van der Waals surface area contributed by atoms with Crippen molar-refractivity contribution in [1.82, 2.24) is 0 Å². The molecule has 9 aromatic carbocycles. The first-order valence-corrected chi connectivity index (χ1v) is 20.8. The van der Waals surface area contributed by atoms with Gasteiger partial charge in [0.15, 0.2) is 0 Å². The Morgan fingerprint density at radius 3 is 1.17 bits per heavy atom. The summed E-state index contributed by atoms with van der Waals surface area (Å²) in [5, 5.41) is 1.06. The van der Waals surface area contributed by atoms with E-state index in [9.17, 15) is 0 Å². The van der Waals surface area contributed by atoms with Crippen LogP contribution in [0.1, 0.15) is 44.5 Å². The van der Waals surface area contributed by atoms with E-state index in [2.05, 4.69) is 235 Å². The fourth-order valence-electron chi connectivity index (χ4n) is 10.7. The van der Waals surface area contributed by atoms with Gasteiger partial charge in [-0.15, -0.1) is 0 Å². The molecule has 2 aliphatic carbocycles. The van der Waals surface area contributed by atoms with Gasteiger partial charge in [0.2, 0.25) is 0 Å². The van der Waals surface area contributed by atoms with Gasteiger partial charge in [-0.2, -0.15) is 0 Å². The van der Waals surface area contributed by atoms with Crippen LogP contribution in [0.4, 0.5) is 17.1 Å². The molecule has 0 radical (unpaired) electrons. The third-order valence-corrected chi connectivity index (χ3v) is 13.1. The predicted octanol–water partition coefficient (Wildman–Crippen LogP) is 14.6. The first-order valence-electron chi connectivity index (χ1n) is 20.8. The molecule has 2 aliphatic rings. The first-order chi connectivity index (χ1) is 29.8. The molecule has 0 unspecified atom stereocenters. The minimum Gasteiger partial charge on any atom is -0.464 e. The van der Waals surface area contributed by atoms with Gasteiger partial charge in [0.05, 0.1) is 22.8 Å². The third-order valence-electron chi connectivity index (χ3n) is 13.1. The Labute approximate surface area is 350 Å². The molecule has 0 aliphatic heterocycles. The van der Waals surface area contributed by atoms with Gasteiger partial charge in [-0.05, 0) is 109 Å². The zero-order valence-corrected chi connectivity index (χ0v) is 32.9. The molecule has 60 heavy (non-hydrogen) atoms. The molecule has 2 nitrogen and oxygen atoms in total. The van der Waals surface area contributed by atoms with E-state index in [0.717, 1.165) is 28.0 Å². The Bertz CT molecular complexity index is 2940. The topological polar surface area (TPSA) is 16.4 Å². The van der Waals surface area contributed by atoms with Crippen molar-refractivity contribution in [3.05, 3.63) is 281 Å². The minimum absolute atomic E-state index is 0.535. The fraction of sp³-hybridized carbons (Fsp3) is 0.0345. The van der Waals surface area contributed by atoms with Crippen molar-refractivity contribution in [2.24, 2.45) is 0 Å². The maximum absolute atomic E-state index is 6.08. The van der Waals surface area contributed by atoms with Crippen molar-refractivity contribution >= 4 is 28.0 Å². The predicted molar refractivity (Wildman–Crippen MR) is 246 cm³/mol. The first kappa shape index (κ1) is 34.4. The van der Waals surface area contributed by atoms with Crippen LogP contribution in [0.15, 0.2) is 241 Å². The van der Waals surface area contributed by atoms with E-state index in [-0.39, 0.29) is 0 Å². The molecular weight excluding hydrogens is 727 g/mol. The third kappa shape index (κ3) is 4.76. The molecule has 0 saturated heterocycles. The lowest BCUT2D eigenvalue weighted by molar-refractivity contribution is 0.616. The quantitative estimate of drug-likeness (QED) is 0.161. The highest BCUT2D eigenvalue weighted by Crippen LogP contribution is 2.59. The maximum Gasteiger partial charge on any atom is 0.135 e. The van der Waals surface area contributed by atoms with E-state index in [1.165, 1.54) is 66.8 Å². The SMILES string of the molecule is c1ccc(C2(c3ccccc3)c3ccccc3-c3ccc(N(c4ccc5c(c4)C(c4ccccc4)(c4ccccc4)c4ccccc4-5)c4cccc5occc45)cc32)cc1. The average molecular weight is 766 g/mol. The highest BCUT2D eigenvalue weighted by Gasteiger charge is 2.48. The summed E-state index contributed by atoms with van der Waals surface area (Å²) in [4.78, 5) is 2.45. The molecule has 0 spiro atoms. The lowest BCUT2D eigenvalue weighted by Gasteiger charge is -2.36. The van der Waals surface area contributed by atoms with Crippen molar-refractivity contribution in [2.75, 3.05) is 4.90 Å². The van der Waals surface area contributed by atoms with Gasteiger partial charge in [-0.1, -0.05) is 188 Å². The average Bonchev–Trinajstić information content (AvgIpc) is 4.01. The zero-order valence-electron chi connectivity index (χ0n) is 32.9. The molecule has 0 atom stereocenters. The van der Waals surface area contributed by atoms with E-state index in [1.54, 1.807) is 6.26 Å². The molecule has 2 heteroatoms. The van der Waals surface area contributed by atoms with Crippen molar-refractivity contribution in [1.29, 1.82) is 0 Å². The Morgan fingerprint density at radius 1 is 0.317 bits per heavy atom. The van der Waals surface area contributed by atoms with Crippen molar-refractivity contribution < 1.29 is 4.42 Å². The molecule has 1 heterocycles. The van der Waals surface area contributed by atoms with E-state index < -0.39 is 10.8 Å². The Hall–Kier alpha value is -7.68. The molecule has 282 valence electrons. The molecule has 0 saturated carbocycles. The Kier molecular flexibility index (Phi) is 7.70. The molecule has 0 bridgehead atoms. The fourth-order valence-corrected chi connectivity index (χ4v) is 10.7. The number of hydrogen-bond acceptors (Lipinski definition) is 2. The van der Waals surface area contributed by atoms with Gasteiger partial charge in [0.25, 0.3) is 0 Å². The van der Waals surface area contributed by atoms with Crippen LogP contribution in [0, 0.1) is 0 Å². The summed E-state index contributed by atoms with van der Waals surface area (Å²) in [7, 11) is 0. The Balaban J connectivity index is 1.16. The second-order valence-electron chi connectivity index (χ2n) is 16.0. The van der Waals surface area contributed by atoms with E-state index in [1.807, 2.05) is 0 Å². The molecule has 0 amide bonds. The number of hydrogen-bond donors (Lipinski definition) is 0. The summed E-state index contributed by atoms with van der Waals surface area (Å²) in [6.45, 7) is 0. The monoisotopic (exact) mass is 765 g/mol. The van der Waals surface area contributed by atoms with Crippen LogP contribution in [0.2, 0.25) is 0 Å². The highest BCUT2D eigenvalue weighted by atomic mass is 16.3. The number of anilines is 3. The van der Waals surface area contributed by atoms with Gasteiger partial charge in [-0.3, -0.25) is 0 Å². The summed E-state index contributed by atoms with van der Waals surface area (Å²) in [5.41, 5.74) is 18.1. The van der Waals surface area contributed by atoms with Crippen LogP contribution in [0.3, 0.4) is 0 Å². The van der Waals surface area contributed by atoms with E-state index >= 15 is 0 Å². The highest BCUT2D eigenvalue weighted by molar-refractivity contribution is 5.99. The van der Waals surface area contributed by atoms with Crippen LogP contribution in [0.25, 0.3) is 33.2 Å². The minimum atomic E-state index is -0.535. The summed E-state index contributed by atoms with van der Waals surface area (Å²) in [6, 6.07) is 84.8. The second kappa shape index (κ2) is 13.4. The Morgan fingerprint density at radius 2 is 0.717 bits per heavy atom. The zero-order chi connectivity index (χ0) is 39.7. The molecule has 0 N–H and O–H groups in total. The smallest absolute Gasteiger partial charge is 0.135 e. The normalized spacial score (nSPS) is 13.9. The summed E-state index contributed by atoms with van der Waals surface area (Å²) >= 11 is 0. The second-order valence-corrected chi connectivity index (χ2v) is 16.0. The summed E-state index contributed by atoms with van der Waals surface area (Å²) < 4.78 is 6.08. The van der Waals surface area contributed by atoms with Gasteiger partial charge in [0.1, 0.15) is 5.58 Å². The van der Waals surface area contributed by atoms with Crippen LogP contribution >= 0.6 is 0 Å². The molecule has 0 fully saturated rings. The van der Waals surface area contributed by atoms with Crippen LogP contribution in [0.5, 0.6) is 0 Å². The molecule has 10 aromatic rings. The number of rotatable bonds is 7. The van der Waals surface area contributed by atoms with Crippen LogP contribution in [-0.2, 0) is 10.8 Å². The standard InChI is InChI=1S/C58H39NO/c1-5-18-40(19-6-1)57(41-20-7-2-8-21-41)51-28-15-13-26-46(51)48-34-32-44(38-53(48)57)59(55-30-17-31-56-50(55)36-37-60-56)45-33-35-49-47-27-14-16-29-52(47)58(54(49)39-45,42-22-9-3-10-23-42)43-24-11-4-12-25-43/h1-39H. The number of fused-ring (bicyclic) bond motifs is 7. The number of furan rings is 1. The number of benzene rings is 9.